The Morgan fingerprint density at radius 2 is 2.09 bits per heavy atom. The van der Waals surface area contributed by atoms with Crippen molar-refractivity contribution in [2.45, 2.75) is 24.9 Å². The summed E-state index contributed by atoms with van der Waals surface area (Å²) in [5.74, 6) is 0. The number of hydrogen-bond donors (Lipinski definition) is 0. The largest absolute Gasteiger partial charge is 0.376 e. The second-order valence-corrected chi connectivity index (χ2v) is 3.78. The van der Waals surface area contributed by atoms with Crippen LogP contribution in [0.4, 0.5) is 0 Å². The number of rotatable bonds is 0. The average Bonchev–Trinajstić information content (AvgIpc) is 2.23. The van der Waals surface area contributed by atoms with Gasteiger partial charge >= 0.3 is 0 Å². The number of piperazine rings is 1. The molecule has 2 fully saturated rings. The lowest BCUT2D eigenvalue weighted by Crippen LogP contribution is -2.48. The topological polar surface area (TPSA) is 6.48 Å². The SMILES string of the molecule is C=C1C2CCC(CN1C)N2C. The molecule has 0 saturated carbocycles. The van der Waals surface area contributed by atoms with E-state index in [1.165, 1.54) is 25.1 Å². The fourth-order valence-electron chi connectivity index (χ4n) is 2.32. The molecule has 11 heavy (non-hydrogen) atoms. The monoisotopic (exact) mass is 152 g/mol. The van der Waals surface area contributed by atoms with Crippen molar-refractivity contribution in [2.24, 2.45) is 0 Å². The second kappa shape index (κ2) is 2.24. The Bertz CT molecular complexity index is 188. The van der Waals surface area contributed by atoms with Gasteiger partial charge in [-0.1, -0.05) is 6.58 Å². The minimum absolute atomic E-state index is 0.638. The lowest BCUT2D eigenvalue weighted by Gasteiger charge is -2.39. The normalized spacial score (nSPS) is 38.4. The van der Waals surface area contributed by atoms with Gasteiger partial charge in [0.05, 0.1) is 0 Å². The first-order valence-corrected chi connectivity index (χ1v) is 4.32. The number of nitrogens with zero attached hydrogens (tertiary/aromatic N) is 2. The summed E-state index contributed by atoms with van der Waals surface area (Å²) in [5.41, 5.74) is 1.31. The van der Waals surface area contributed by atoms with Gasteiger partial charge in [-0.3, -0.25) is 4.90 Å². The van der Waals surface area contributed by atoms with Crippen molar-refractivity contribution < 1.29 is 0 Å². The molecule has 0 aromatic carbocycles. The highest BCUT2D eigenvalue weighted by molar-refractivity contribution is 5.13. The van der Waals surface area contributed by atoms with E-state index in [2.05, 4.69) is 30.5 Å². The highest BCUT2D eigenvalue weighted by Gasteiger charge is 2.38. The van der Waals surface area contributed by atoms with Crippen molar-refractivity contribution in [3.05, 3.63) is 12.3 Å². The smallest absolute Gasteiger partial charge is 0.0492 e. The van der Waals surface area contributed by atoms with Crippen LogP contribution in [0.2, 0.25) is 0 Å². The molecule has 2 nitrogen and oxygen atoms in total. The Morgan fingerprint density at radius 3 is 2.82 bits per heavy atom. The first kappa shape index (κ1) is 7.17. The van der Waals surface area contributed by atoms with E-state index in [0.29, 0.717) is 6.04 Å². The molecule has 2 atom stereocenters. The van der Waals surface area contributed by atoms with E-state index < -0.39 is 0 Å². The molecule has 0 aliphatic carbocycles. The summed E-state index contributed by atoms with van der Waals surface area (Å²) < 4.78 is 0. The first-order valence-electron chi connectivity index (χ1n) is 4.32. The zero-order valence-corrected chi connectivity index (χ0v) is 7.38. The Hall–Kier alpha value is -0.500. The van der Waals surface area contributed by atoms with E-state index in [9.17, 15) is 0 Å². The molecule has 2 rings (SSSR count). The third-order valence-corrected chi connectivity index (χ3v) is 3.20. The quantitative estimate of drug-likeness (QED) is 0.509. The lowest BCUT2D eigenvalue weighted by molar-refractivity contribution is 0.152. The highest BCUT2D eigenvalue weighted by atomic mass is 15.3. The van der Waals surface area contributed by atoms with Crippen molar-refractivity contribution >= 4 is 0 Å². The predicted octanol–water partition coefficient (Wildman–Crippen LogP) is 0.908. The summed E-state index contributed by atoms with van der Waals surface area (Å²) in [4.78, 5) is 4.78. The molecule has 0 amide bonds. The second-order valence-electron chi connectivity index (χ2n) is 3.78. The van der Waals surface area contributed by atoms with Gasteiger partial charge in [0.2, 0.25) is 0 Å². The summed E-state index contributed by atoms with van der Waals surface area (Å²) in [6.07, 6.45) is 2.66. The van der Waals surface area contributed by atoms with Gasteiger partial charge in [0.1, 0.15) is 0 Å². The van der Waals surface area contributed by atoms with E-state index in [1.54, 1.807) is 0 Å². The van der Waals surface area contributed by atoms with Gasteiger partial charge in [-0.05, 0) is 19.9 Å². The molecule has 2 heteroatoms. The molecule has 0 aromatic rings. The van der Waals surface area contributed by atoms with Crippen LogP contribution in [0.1, 0.15) is 12.8 Å². The molecule has 2 aliphatic heterocycles. The van der Waals surface area contributed by atoms with Crippen LogP contribution in [0, 0.1) is 0 Å². The van der Waals surface area contributed by atoms with Crippen molar-refractivity contribution in [3.63, 3.8) is 0 Å². The van der Waals surface area contributed by atoms with Crippen LogP contribution in [-0.4, -0.2) is 42.5 Å². The molecule has 0 aromatic heterocycles. The standard InChI is InChI=1S/C9H16N2/c1-7-9-5-4-8(11(9)3)6-10(7)2/h8-9H,1,4-6H2,2-3H3. The number of likely N-dealkylation sites (N-methyl/N-ethyl adjacent to an activating group) is 2. The van der Waals surface area contributed by atoms with E-state index in [0.717, 1.165) is 6.04 Å². The Labute approximate surface area is 68.5 Å². The van der Waals surface area contributed by atoms with Crippen molar-refractivity contribution in [3.8, 4) is 0 Å². The van der Waals surface area contributed by atoms with Gasteiger partial charge in [-0.25, -0.2) is 0 Å². The van der Waals surface area contributed by atoms with Crippen LogP contribution >= 0.6 is 0 Å². The molecule has 2 saturated heterocycles. The number of likely N-dealkylation sites (tertiary alicyclic amines) is 1. The molecule has 0 radical (unpaired) electrons. The number of hydrogen-bond acceptors (Lipinski definition) is 2. The maximum absolute atomic E-state index is 4.11. The van der Waals surface area contributed by atoms with Crippen LogP contribution in [0.5, 0.6) is 0 Å². The molecule has 0 spiro atoms. The first-order chi connectivity index (χ1) is 5.20. The fourth-order valence-corrected chi connectivity index (χ4v) is 2.32. The zero-order valence-electron chi connectivity index (χ0n) is 7.38. The van der Waals surface area contributed by atoms with Crippen LogP contribution in [-0.2, 0) is 0 Å². The fraction of sp³-hybridized carbons (Fsp3) is 0.778. The summed E-state index contributed by atoms with van der Waals surface area (Å²) in [6.45, 7) is 5.28. The van der Waals surface area contributed by atoms with Gasteiger partial charge in [-0.2, -0.15) is 0 Å². The molecule has 2 aliphatic rings. The van der Waals surface area contributed by atoms with E-state index in [1.807, 2.05) is 0 Å². The molecule has 2 heterocycles. The van der Waals surface area contributed by atoms with Crippen molar-refractivity contribution in [2.75, 3.05) is 20.6 Å². The number of fused-ring (bicyclic) bond motifs is 2. The molecule has 2 unspecified atom stereocenters. The van der Waals surface area contributed by atoms with Gasteiger partial charge in [-0.15, -0.1) is 0 Å². The lowest BCUT2D eigenvalue weighted by atomic mass is 10.1. The molecular formula is C9H16N2. The van der Waals surface area contributed by atoms with Crippen molar-refractivity contribution in [1.29, 1.82) is 0 Å². The van der Waals surface area contributed by atoms with E-state index in [4.69, 9.17) is 0 Å². The Balaban J connectivity index is 2.22. The molecular weight excluding hydrogens is 136 g/mol. The van der Waals surface area contributed by atoms with Crippen molar-refractivity contribution in [1.82, 2.24) is 9.80 Å². The summed E-state index contributed by atoms with van der Waals surface area (Å²) in [7, 11) is 4.38. The maximum Gasteiger partial charge on any atom is 0.0492 e. The van der Waals surface area contributed by atoms with Crippen LogP contribution in [0.3, 0.4) is 0 Å². The van der Waals surface area contributed by atoms with Crippen LogP contribution in [0.15, 0.2) is 12.3 Å². The summed E-state index contributed by atoms with van der Waals surface area (Å²) in [5, 5.41) is 0. The predicted molar refractivity (Wildman–Crippen MR) is 46.3 cm³/mol. The zero-order chi connectivity index (χ0) is 8.01. The third kappa shape index (κ3) is 0.890. The van der Waals surface area contributed by atoms with Gasteiger partial charge in [0.15, 0.2) is 0 Å². The highest BCUT2D eigenvalue weighted by Crippen LogP contribution is 2.32. The minimum Gasteiger partial charge on any atom is -0.376 e. The Morgan fingerprint density at radius 1 is 1.36 bits per heavy atom. The summed E-state index contributed by atoms with van der Waals surface area (Å²) in [6, 6.07) is 1.43. The van der Waals surface area contributed by atoms with E-state index in [-0.39, 0.29) is 0 Å². The van der Waals surface area contributed by atoms with Crippen LogP contribution < -0.4 is 0 Å². The van der Waals surface area contributed by atoms with Gasteiger partial charge in [0, 0.05) is 31.4 Å². The van der Waals surface area contributed by atoms with Gasteiger partial charge in [0.25, 0.3) is 0 Å². The Kier molecular flexibility index (Phi) is 1.46. The maximum atomic E-state index is 4.11. The molecule has 0 N–H and O–H groups in total. The molecule has 2 bridgehead atoms. The molecule has 62 valence electrons. The summed E-state index contributed by atoms with van der Waals surface area (Å²) >= 11 is 0. The third-order valence-electron chi connectivity index (χ3n) is 3.20. The van der Waals surface area contributed by atoms with E-state index >= 15 is 0 Å². The van der Waals surface area contributed by atoms with Crippen LogP contribution in [0.25, 0.3) is 0 Å². The minimum atomic E-state index is 0.638. The average molecular weight is 152 g/mol. The van der Waals surface area contributed by atoms with Gasteiger partial charge < -0.3 is 4.90 Å².